The minimum absolute atomic E-state index is 0.211. The van der Waals surface area contributed by atoms with Gasteiger partial charge in [-0.15, -0.1) is 0 Å². The van der Waals surface area contributed by atoms with Crippen LogP contribution in [0.5, 0.6) is 0 Å². The second-order valence-corrected chi connectivity index (χ2v) is 3.93. The molecule has 0 fully saturated rings. The summed E-state index contributed by atoms with van der Waals surface area (Å²) < 4.78 is 13.2. The summed E-state index contributed by atoms with van der Waals surface area (Å²) in [5.74, 6) is -0.632. The van der Waals surface area contributed by atoms with E-state index in [4.69, 9.17) is 0 Å². The van der Waals surface area contributed by atoms with E-state index in [0.29, 0.717) is 19.8 Å². The van der Waals surface area contributed by atoms with Crippen molar-refractivity contribution in [3.8, 4) is 0 Å². The maximum Gasteiger partial charge on any atom is 0.302 e. The largest absolute Gasteiger partial charge is 0.466 e. The van der Waals surface area contributed by atoms with Crippen LogP contribution in [0.3, 0.4) is 0 Å². The third-order valence-corrected chi connectivity index (χ3v) is 1.71. The van der Waals surface area contributed by atoms with E-state index in [1.54, 1.807) is 20.8 Å². The Kier molecular flexibility index (Phi) is 25.3. The summed E-state index contributed by atoms with van der Waals surface area (Å²) in [5, 5.41) is 0. The number of hydrogen-bond donors (Lipinski definition) is 0. The van der Waals surface area contributed by atoms with Gasteiger partial charge in [-0.2, -0.15) is 0 Å². The summed E-state index contributed by atoms with van der Waals surface area (Å²) in [4.78, 5) is 29.5. The Labute approximate surface area is 145 Å². The number of carbonyl (C=O) groups is 3. The van der Waals surface area contributed by atoms with Crippen LogP contribution in [0.1, 0.15) is 41.5 Å². The van der Waals surface area contributed by atoms with Crippen molar-refractivity contribution in [2.24, 2.45) is 0 Å². The molecule has 0 atom stereocenters. The number of carbonyl (C=O) groups excluding carboxylic acids is 3. The SMILES string of the molecule is CCOC(C)=O.CCOC(C)=O.CCOC(C)=O.c1ccccc1. The molecule has 1 rings (SSSR count). The number of hydrogen-bond acceptors (Lipinski definition) is 6. The first-order chi connectivity index (χ1) is 11.3. The second kappa shape index (κ2) is 22.9. The first-order valence-corrected chi connectivity index (χ1v) is 7.71. The third-order valence-electron chi connectivity index (χ3n) is 1.71. The maximum absolute atomic E-state index is 9.82. The molecule has 0 spiro atoms. The van der Waals surface area contributed by atoms with Crippen molar-refractivity contribution in [2.75, 3.05) is 19.8 Å². The van der Waals surface area contributed by atoms with Crippen LogP contribution in [-0.2, 0) is 28.6 Å². The van der Waals surface area contributed by atoms with Crippen LogP contribution >= 0.6 is 0 Å². The lowest BCUT2D eigenvalue weighted by molar-refractivity contribution is -0.141. The molecule has 0 amide bonds. The average Bonchev–Trinajstić information content (AvgIpc) is 2.50. The molecule has 0 aliphatic carbocycles. The molecule has 1 aromatic rings. The Hall–Kier alpha value is -2.37. The minimum Gasteiger partial charge on any atom is -0.466 e. The molecule has 0 saturated heterocycles. The number of esters is 3. The lowest BCUT2D eigenvalue weighted by atomic mass is 10.4. The fraction of sp³-hybridized carbons (Fsp3) is 0.500. The van der Waals surface area contributed by atoms with Crippen molar-refractivity contribution in [1.82, 2.24) is 0 Å². The average molecular weight is 342 g/mol. The lowest BCUT2D eigenvalue weighted by Gasteiger charge is -1.89. The van der Waals surface area contributed by atoms with Gasteiger partial charge in [0.25, 0.3) is 0 Å². The molecule has 0 unspecified atom stereocenters. The Morgan fingerprint density at radius 3 is 0.750 bits per heavy atom. The summed E-state index contributed by atoms with van der Waals surface area (Å²) in [7, 11) is 0. The smallest absolute Gasteiger partial charge is 0.302 e. The van der Waals surface area contributed by atoms with Gasteiger partial charge in [-0.1, -0.05) is 36.4 Å². The Balaban J connectivity index is -0.000000245. The highest BCUT2D eigenvalue weighted by molar-refractivity contribution is 5.66. The van der Waals surface area contributed by atoms with E-state index >= 15 is 0 Å². The summed E-state index contributed by atoms with van der Waals surface area (Å²) in [6, 6.07) is 12.0. The van der Waals surface area contributed by atoms with Gasteiger partial charge in [0, 0.05) is 20.8 Å². The van der Waals surface area contributed by atoms with E-state index in [2.05, 4.69) is 14.2 Å². The molecule has 0 aliphatic heterocycles. The molecule has 0 saturated carbocycles. The van der Waals surface area contributed by atoms with Gasteiger partial charge in [0.1, 0.15) is 0 Å². The van der Waals surface area contributed by atoms with Crippen LogP contribution in [-0.4, -0.2) is 37.7 Å². The van der Waals surface area contributed by atoms with Crippen LogP contribution in [0.15, 0.2) is 36.4 Å². The summed E-state index contributed by atoms with van der Waals surface area (Å²) in [6.45, 7) is 11.0. The van der Waals surface area contributed by atoms with Gasteiger partial charge in [0.2, 0.25) is 0 Å². The highest BCUT2D eigenvalue weighted by atomic mass is 16.5. The Morgan fingerprint density at radius 1 is 0.542 bits per heavy atom. The van der Waals surface area contributed by atoms with Crippen LogP contribution in [0, 0.1) is 0 Å². The van der Waals surface area contributed by atoms with E-state index in [-0.39, 0.29) is 17.9 Å². The second-order valence-electron chi connectivity index (χ2n) is 3.93. The van der Waals surface area contributed by atoms with Crippen molar-refractivity contribution < 1.29 is 28.6 Å². The number of ether oxygens (including phenoxy) is 3. The van der Waals surface area contributed by atoms with Gasteiger partial charge < -0.3 is 14.2 Å². The topological polar surface area (TPSA) is 78.9 Å². The molecule has 24 heavy (non-hydrogen) atoms. The summed E-state index contributed by atoms with van der Waals surface area (Å²) >= 11 is 0. The predicted octanol–water partition coefficient (Wildman–Crippen LogP) is 3.39. The van der Waals surface area contributed by atoms with Gasteiger partial charge in [0.15, 0.2) is 0 Å². The van der Waals surface area contributed by atoms with E-state index in [1.807, 2.05) is 36.4 Å². The van der Waals surface area contributed by atoms with E-state index in [0.717, 1.165) is 0 Å². The van der Waals surface area contributed by atoms with E-state index < -0.39 is 0 Å². The van der Waals surface area contributed by atoms with Gasteiger partial charge in [-0.05, 0) is 20.8 Å². The van der Waals surface area contributed by atoms with Crippen LogP contribution < -0.4 is 0 Å². The third kappa shape index (κ3) is 42.7. The van der Waals surface area contributed by atoms with Crippen molar-refractivity contribution in [3.63, 3.8) is 0 Å². The lowest BCUT2D eigenvalue weighted by Crippen LogP contribution is -1.95. The molecular formula is C18H30O6. The molecular weight excluding hydrogens is 312 g/mol. The van der Waals surface area contributed by atoms with Gasteiger partial charge in [-0.25, -0.2) is 0 Å². The molecule has 6 heteroatoms. The molecule has 6 nitrogen and oxygen atoms in total. The fourth-order valence-corrected chi connectivity index (χ4v) is 0.995. The first kappa shape index (κ1) is 26.5. The van der Waals surface area contributed by atoms with Crippen molar-refractivity contribution in [3.05, 3.63) is 36.4 Å². The molecule has 0 heterocycles. The fourth-order valence-electron chi connectivity index (χ4n) is 0.995. The molecule has 0 aromatic heterocycles. The zero-order chi connectivity index (χ0) is 19.2. The summed E-state index contributed by atoms with van der Waals surface area (Å²) in [5.41, 5.74) is 0. The van der Waals surface area contributed by atoms with E-state index in [9.17, 15) is 14.4 Å². The normalized spacial score (nSPS) is 7.75. The Bertz CT molecular complexity index is 338. The van der Waals surface area contributed by atoms with Crippen LogP contribution in [0.2, 0.25) is 0 Å². The van der Waals surface area contributed by atoms with E-state index in [1.165, 1.54) is 20.8 Å². The number of benzene rings is 1. The Morgan fingerprint density at radius 2 is 0.708 bits per heavy atom. The number of rotatable bonds is 3. The zero-order valence-corrected chi connectivity index (χ0v) is 15.5. The summed E-state index contributed by atoms with van der Waals surface area (Å²) in [6.07, 6.45) is 0. The predicted molar refractivity (Wildman–Crippen MR) is 93.4 cm³/mol. The first-order valence-electron chi connectivity index (χ1n) is 7.71. The van der Waals surface area contributed by atoms with Crippen molar-refractivity contribution in [1.29, 1.82) is 0 Å². The van der Waals surface area contributed by atoms with Crippen molar-refractivity contribution in [2.45, 2.75) is 41.5 Å². The molecule has 1 aromatic carbocycles. The molecule has 138 valence electrons. The van der Waals surface area contributed by atoms with Crippen molar-refractivity contribution >= 4 is 17.9 Å². The zero-order valence-electron chi connectivity index (χ0n) is 15.5. The highest BCUT2D eigenvalue weighted by Crippen LogP contribution is 1.80. The minimum atomic E-state index is -0.211. The monoisotopic (exact) mass is 342 g/mol. The molecule has 0 bridgehead atoms. The molecule has 0 N–H and O–H groups in total. The van der Waals surface area contributed by atoms with Gasteiger partial charge in [-0.3, -0.25) is 14.4 Å². The standard InChI is InChI=1S/C6H6.3C4H8O2/c1-2-4-6-5-3-1;3*1-3-6-4(2)5/h1-6H;3*3H2,1-2H3. The van der Waals surface area contributed by atoms with Gasteiger partial charge in [0.05, 0.1) is 19.8 Å². The molecule has 0 aliphatic rings. The van der Waals surface area contributed by atoms with Crippen LogP contribution in [0.25, 0.3) is 0 Å². The quantitative estimate of drug-likeness (QED) is 0.619. The maximum atomic E-state index is 9.82. The van der Waals surface area contributed by atoms with Gasteiger partial charge >= 0.3 is 17.9 Å². The van der Waals surface area contributed by atoms with Crippen LogP contribution in [0.4, 0.5) is 0 Å². The highest BCUT2D eigenvalue weighted by Gasteiger charge is 1.82. The molecule has 0 radical (unpaired) electrons.